The van der Waals surface area contributed by atoms with E-state index in [1.807, 2.05) is 18.2 Å². The average molecular weight is 691 g/mol. The van der Waals surface area contributed by atoms with Gasteiger partial charge in [-0.05, 0) is 86.4 Å². The Morgan fingerprint density at radius 2 is 1.00 bits per heavy atom. The van der Waals surface area contributed by atoms with Crippen LogP contribution in [0.3, 0.4) is 0 Å². The smallest absolute Gasteiger partial charge is 0.169 e. The third-order valence-corrected chi connectivity index (χ3v) is 11.1. The van der Waals surface area contributed by atoms with Crippen molar-refractivity contribution in [3.63, 3.8) is 0 Å². The van der Waals surface area contributed by atoms with Crippen molar-refractivity contribution in [3.8, 4) is 5.69 Å². The highest BCUT2D eigenvalue weighted by Gasteiger charge is 2.23. The fourth-order valence-corrected chi connectivity index (χ4v) is 8.62. The molecule has 1 unspecified atom stereocenters. The predicted octanol–water partition coefficient (Wildman–Crippen LogP) is 12.1. The van der Waals surface area contributed by atoms with Gasteiger partial charge in [0.2, 0.25) is 0 Å². The summed E-state index contributed by atoms with van der Waals surface area (Å²) in [6, 6.07) is 60.3. The minimum atomic E-state index is -0.401. The van der Waals surface area contributed by atoms with E-state index in [2.05, 4.69) is 162 Å². The Hall–Kier alpha value is -7.24. The van der Waals surface area contributed by atoms with Crippen LogP contribution in [0.25, 0.3) is 81.7 Å². The fourth-order valence-electron chi connectivity index (χ4n) is 8.62. The van der Waals surface area contributed by atoms with E-state index in [1.165, 1.54) is 43.4 Å². The highest BCUT2D eigenvalue weighted by molar-refractivity contribution is 6.33. The minimum absolute atomic E-state index is 0.401. The van der Waals surface area contributed by atoms with Gasteiger partial charge in [-0.1, -0.05) is 121 Å². The van der Waals surface area contributed by atoms with E-state index >= 15 is 0 Å². The summed E-state index contributed by atoms with van der Waals surface area (Å²) in [7, 11) is 0. The lowest BCUT2D eigenvalue weighted by molar-refractivity contribution is 0.664. The molecule has 9 aromatic carbocycles. The quantitative estimate of drug-likeness (QED) is 0.200. The van der Waals surface area contributed by atoms with E-state index in [0.717, 1.165) is 66.8 Å². The first-order chi connectivity index (χ1) is 26.7. The van der Waals surface area contributed by atoms with E-state index in [4.69, 9.17) is 14.4 Å². The largest absolute Gasteiger partial charge is 0.456 e. The van der Waals surface area contributed by atoms with Crippen LogP contribution in [0.1, 0.15) is 22.9 Å². The van der Waals surface area contributed by atoms with Crippen LogP contribution >= 0.6 is 0 Å². The molecule has 5 heteroatoms. The van der Waals surface area contributed by atoms with Crippen LogP contribution in [0.2, 0.25) is 0 Å². The SMILES string of the molecule is c1ccc(C2=NC(c3ccc4cc(-n5c6ccc7cccc8oc9cccc%10ccc5c(c%109)c6c78)ccc4c3)N=C(c3ccc4ccccc4c3)N2)cc1. The minimum Gasteiger partial charge on any atom is -0.456 e. The second-order valence-corrected chi connectivity index (χ2v) is 14.2. The monoisotopic (exact) mass is 690 g/mol. The van der Waals surface area contributed by atoms with E-state index in [1.54, 1.807) is 0 Å². The summed E-state index contributed by atoms with van der Waals surface area (Å²) in [5.74, 6) is 1.62. The Balaban J connectivity index is 1.01. The predicted molar refractivity (Wildman–Crippen MR) is 224 cm³/mol. The van der Waals surface area contributed by atoms with Crippen LogP contribution in [-0.2, 0) is 0 Å². The molecule has 12 rings (SSSR count). The standard InChI is InChI=1S/C49H30N4O/c1-2-9-32(10-3-1)47-50-48(36-18-16-29-8-4-5-11-33(29)26-36)52-49(51-47)37-19-17-35-28-38(23-20-34(35)27-37)53-39-24-21-30-12-6-14-41-43(30)45(39)46-40(53)25-22-31-13-7-15-42(54-41)44(31)46/h1-28,49H,(H,50,51,52). The number of nitrogens with one attached hydrogen (secondary N) is 1. The van der Waals surface area contributed by atoms with Gasteiger partial charge < -0.3 is 14.3 Å². The van der Waals surface area contributed by atoms with Gasteiger partial charge in [0.15, 0.2) is 6.17 Å². The number of aromatic nitrogens is 1. The number of rotatable bonds is 4. The second kappa shape index (κ2) is 11.1. The molecule has 0 spiro atoms. The third kappa shape index (κ3) is 4.33. The fraction of sp³-hybridized carbons (Fsp3) is 0.0204. The van der Waals surface area contributed by atoms with Gasteiger partial charge >= 0.3 is 0 Å². The first-order valence-electron chi connectivity index (χ1n) is 18.3. The molecule has 1 atom stereocenters. The summed E-state index contributed by atoms with van der Waals surface area (Å²) in [5.41, 5.74) is 8.35. The summed E-state index contributed by atoms with van der Waals surface area (Å²) >= 11 is 0. The molecule has 0 saturated heterocycles. The maximum absolute atomic E-state index is 6.63. The Labute approximate surface area is 309 Å². The molecule has 3 heterocycles. The molecule has 0 amide bonds. The van der Waals surface area contributed by atoms with Crippen molar-refractivity contribution in [1.29, 1.82) is 0 Å². The zero-order chi connectivity index (χ0) is 35.3. The summed E-state index contributed by atoms with van der Waals surface area (Å²) in [6.07, 6.45) is -0.401. The summed E-state index contributed by atoms with van der Waals surface area (Å²) in [6.45, 7) is 0. The normalized spacial score (nSPS) is 14.9. The molecule has 1 aliphatic rings. The molecule has 252 valence electrons. The van der Waals surface area contributed by atoms with Gasteiger partial charge in [0, 0.05) is 38.4 Å². The first kappa shape index (κ1) is 29.3. The van der Waals surface area contributed by atoms with Crippen LogP contribution in [0.5, 0.6) is 0 Å². The average Bonchev–Trinajstić information content (AvgIpc) is 3.49. The van der Waals surface area contributed by atoms with Gasteiger partial charge in [0.1, 0.15) is 22.8 Å². The number of amidine groups is 2. The summed E-state index contributed by atoms with van der Waals surface area (Å²) in [4.78, 5) is 10.4. The van der Waals surface area contributed by atoms with E-state index in [-0.39, 0.29) is 0 Å². The van der Waals surface area contributed by atoms with Crippen LogP contribution in [0.4, 0.5) is 0 Å². The Morgan fingerprint density at radius 1 is 0.426 bits per heavy atom. The summed E-state index contributed by atoms with van der Waals surface area (Å²) in [5, 5.41) is 15.4. The van der Waals surface area contributed by atoms with Crippen LogP contribution in [-0.4, -0.2) is 16.2 Å². The Kier molecular flexibility index (Phi) is 6.05. The molecule has 1 aliphatic heterocycles. The molecular formula is C49H30N4O. The lowest BCUT2D eigenvalue weighted by Crippen LogP contribution is -2.36. The van der Waals surface area contributed by atoms with Gasteiger partial charge in [-0.2, -0.15) is 0 Å². The molecule has 11 aromatic rings. The number of nitrogens with zero attached hydrogens (tertiary/aromatic N) is 3. The lowest BCUT2D eigenvalue weighted by Gasteiger charge is -2.23. The van der Waals surface area contributed by atoms with Crippen LogP contribution < -0.4 is 5.32 Å². The zero-order valence-corrected chi connectivity index (χ0v) is 29.0. The maximum atomic E-state index is 6.63. The van der Waals surface area contributed by atoms with Gasteiger partial charge in [0.05, 0.1) is 11.0 Å². The lowest BCUT2D eigenvalue weighted by atomic mass is 10.00. The van der Waals surface area contributed by atoms with Gasteiger partial charge in [-0.15, -0.1) is 0 Å². The first-order valence-corrected chi connectivity index (χ1v) is 18.3. The molecule has 0 saturated carbocycles. The van der Waals surface area contributed by atoms with E-state index < -0.39 is 6.17 Å². The maximum Gasteiger partial charge on any atom is 0.169 e. The van der Waals surface area contributed by atoms with Crippen molar-refractivity contribution < 1.29 is 4.42 Å². The molecule has 0 aliphatic carbocycles. The van der Waals surface area contributed by atoms with Crippen molar-refractivity contribution in [2.75, 3.05) is 0 Å². The van der Waals surface area contributed by atoms with Crippen LogP contribution in [0.15, 0.2) is 184 Å². The zero-order valence-electron chi connectivity index (χ0n) is 29.0. The molecule has 5 nitrogen and oxygen atoms in total. The molecule has 54 heavy (non-hydrogen) atoms. The number of benzene rings is 9. The molecule has 2 aromatic heterocycles. The second-order valence-electron chi connectivity index (χ2n) is 14.2. The molecule has 1 N–H and O–H groups in total. The third-order valence-electron chi connectivity index (χ3n) is 11.1. The highest BCUT2D eigenvalue weighted by Crippen LogP contribution is 2.45. The van der Waals surface area contributed by atoms with Crippen molar-refractivity contribution in [1.82, 2.24) is 9.88 Å². The Morgan fingerprint density at radius 3 is 1.74 bits per heavy atom. The van der Waals surface area contributed by atoms with E-state index in [9.17, 15) is 0 Å². The number of hydrogen-bond acceptors (Lipinski definition) is 4. The number of fused-ring (bicyclic) bond motifs is 2. The van der Waals surface area contributed by atoms with Gasteiger partial charge in [-0.3, -0.25) is 0 Å². The van der Waals surface area contributed by atoms with Gasteiger partial charge in [-0.25, -0.2) is 9.98 Å². The van der Waals surface area contributed by atoms with Crippen molar-refractivity contribution in [2.24, 2.45) is 9.98 Å². The van der Waals surface area contributed by atoms with Crippen LogP contribution in [0, 0.1) is 0 Å². The molecule has 0 fully saturated rings. The van der Waals surface area contributed by atoms with Crippen molar-refractivity contribution >= 4 is 87.7 Å². The Bertz CT molecular complexity index is 3270. The number of hydrogen-bond donors (Lipinski definition) is 1. The van der Waals surface area contributed by atoms with Gasteiger partial charge in [0.25, 0.3) is 0 Å². The van der Waals surface area contributed by atoms with E-state index in [0.29, 0.717) is 0 Å². The number of aliphatic imine (C=N–C) groups is 2. The molecule has 0 radical (unpaired) electrons. The van der Waals surface area contributed by atoms with Crippen molar-refractivity contribution in [3.05, 3.63) is 187 Å². The van der Waals surface area contributed by atoms with Crippen molar-refractivity contribution in [2.45, 2.75) is 6.17 Å². The summed E-state index contributed by atoms with van der Waals surface area (Å²) < 4.78 is 9.04. The molecule has 0 bridgehead atoms. The topological polar surface area (TPSA) is 54.8 Å². The highest BCUT2D eigenvalue weighted by atomic mass is 16.3. The molecular weight excluding hydrogens is 661 g/mol.